The van der Waals surface area contributed by atoms with Gasteiger partial charge in [-0.25, -0.2) is 4.68 Å². The lowest BCUT2D eigenvalue weighted by Gasteiger charge is -2.09. The van der Waals surface area contributed by atoms with E-state index in [9.17, 15) is 0 Å². The Kier molecular flexibility index (Phi) is 2.05. The molecular formula is C7H9N3OS. The molecule has 0 aliphatic carbocycles. The van der Waals surface area contributed by atoms with Gasteiger partial charge in [-0.1, -0.05) is 11.8 Å². The smallest absolute Gasteiger partial charge is 0.171 e. The van der Waals surface area contributed by atoms with Crippen molar-refractivity contribution in [3.05, 3.63) is 29.6 Å². The minimum atomic E-state index is 0.0464. The van der Waals surface area contributed by atoms with E-state index in [1.165, 1.54) is 0 Å². The third kappa shape index (κ3) is 1.33. The molecule has 0 saturated carbocycles. The van der Waals surface area contributed by atoms with Gasteiger partial charge in [-0.15, -0.1) is 0 Å². The fourth-order valence-electron chi connectivity index (χ4n) is 1.00. The van der Waals surface area contributed by atoms with Crippen LogP contribution >= 0.6 is 11.8 Å². The molecule has 12 heavy (non-hydrogen) atoms. The Balaban J connectivity index is 2.12. The number of hydrogen-bond acceptors (Lipinski definition) is 4. The maximum Gasteiger partial charge on any atom is 0.171 e. The summed E-state index contributed by atoms with van der Waals surface area (Å²) < 4.78 is 1.79. The van der Waals surface area contributed by atoms with Crippen molar-refractivity contribution in [2.75, 3.05) is 0 Å². The van der Waals surface area contributed by atoms with Gasteiger partial charge in [-0.2, -0.15) is 5.10 Å². The zero-order valence-corrected chi connectivity index (χ0v) is 7.16. The Bertz CT molecular complexity index is 289. The fraction of sp³-hybridized carbons (Fsp3) is 0.286. The molecule has 0 bridgehead atoms. The molecule has 0 radical (unpaired) electrons. The molecule has 1 unspecified atom stereocenters. The summed E-state index contributed by atoms with van der Waals surface area (Å²) in [4.78, 5) is 0. The van der Waals surface area contributed by atoms with E-state index in [4.69, 9.17) is 5.11 Å². The minimum absolute atomic E-state index is 0.0464. The number of rotatable bonds is 2. The molecule has 2 N–H and O–H groups in total. The van der Waals surface area contributed by atoms with Crippen molar-refractivity contribution in [1.82, 2.24) is 15.1 Å². The lowest BCUT2D eigenvalue weighted by atomic mass is 10.4. The fourth-order valence-corrected chi connectivity index (χ4v) is 1.70. The first-order valence-electron chi connectivity index (χ1n) is 3.60. The number of hydrogen-bond donors (Lipinski definition) is 2. The molecule has 0 aromatic carbocycles. The summed E-state index contributed by atoms with van der Waals surface area (Å²) in [6.07, 6.45) is 5.38. The second-order valence-corrected chi connectivity index (χ2v) is 3.44. The number of nitrogens with one attached hydrogen (secondary N) is 1. The SMILES string of the molecule is OCc1cnn(C2NC=CS2)c1. The van der Waals surface area contributed by atoms with Gasteiger partial charge in [0.15, 0.2) is 5.50 Å². The second-order valence-electron chi connectivity index (χ2n) is 2.44. The number of thioether (sulfide) groups is 1. The Labute approximate surface area is 74.3 Å². The predicted octanol–water partition coefficient (Wildman–Crippen LogP) is 0.639. The average Bonchev–Trinajstić information content (AvgIpc) is 2.75. The first kappa shape index (κ1) is 7.70. The molecule has 1 aliphatic heterocycles. The van der Waals surface area contributed by atoms with Crippen LogP contribution in [0, 0.1) is 0 Å². The largest absolute Gasteiger partial charge is 0.392 e. The van der Waals surface area contributed by atoms with Crippen molar-refractivity contribution in [3.63, 3.8) is 0 Å². The van der Waals surface area contributed by atoms with E-state index in [1.54, 1.807) is 22.6 Å². The van der Waals surface area contributed by atoms with E-state index in [-0.39, 0.29) is 12.1 Å². The Morgan fingerprint density at radius 2 is 2.67 bits per heavy atom. The number of aliphatic hydroxyl groups excluding tert-OH is 1. The predicted molar refractivity (Wildman–Crippen MR) is 47.1 cm³/mol. The third-order valence-electron chi connectivity index (χ3n) is 1.59. The standard InChI is InChI=1S/C7H9N3OS/c11-5-6-3-9-10(4-6)7-8-1-2-12-7/h1-4,7-8,11H,5H2. The molecule has 5 heteroatoms. The number of aromatic nitrogens is 2. The van der Waals surface area contributed by atoms with Crippen LogP contribution in [0.15, 0.2) is 24.0 Å². The highest BCUT2D eigenvalue weighted by molar-refractivity contribution is 8.02. The highest BCUT2D eigenvalue weighted by Crippen LogP contribution is 2.24. The van der Waals surface area contributed by atoms with Gasteiger partial charge < -0.3 is 10.4 Å². The summed E-state index contributed by atoms with van der Waals surface area (Å²) in [5, 5.41) is 18.0. The van der Waals surface area contributed by atoms with Crippen molar-refractivity contribution < 1.29 is 5.11 Å². The average molecular weight is 183 g/mol. The van der Waals surface area contributed by atoms with Crippen LogP contribution < -0.4 is 5.32 Å². The molecule has 1 aromatic heterocycles. The van der Waals surface area contributed by atoms with Gasteiger partial charge >= 0.3 is 0 Å². The number of nitrogens with zero attached hydrogens (tertiary/aromatic N) is 2. The van der Waals surface area contributed by atoms with Gasteiger partial charge in [-0.05, 0) is 5.41 Å². The Morgan fingerprint density at radius 3 is 3.25 bits per heavy atom. The van der Waals surface area contributed by atoms with Crippen molar-refractivity contribution in [3.8, 4) is 0 Å². The highest BCUT2D eigenvalue weighted by atomic mass is 32.2. The van der Waals surface area contributed by atoms with E-state index >= 15 is 0 Å². The van der Waals surface area contributed by atoms with Crippen LogP contribution in [0.1, 0.15) is 11.1 Å². The molecule has 0 fully saturated rings. The zero-order valence-electron chi connectivity index (χ0n) is 6.34. The van der Waals surface area contributed by atoms with Gasteiger partial charge in [0.2, 0.25) is 0 Å². The van der Waals surface area contributed by atoms with Gasteiger partial charge in [0.05, 0.1) is 12.8 Å². The molecular weight excluding hydrogens is 174 g/mol. The summed E-state index contributed by atoms with van der Waals surface area (Å²) in [7, 11) is 0. The van der Waals surface area contributed by atoms with E-state index in [0.29, 0.717) is 0 Å². The van der Waals surface area contributed by atoms with Crippen molar-refractivity contribution in [1.29, 1.82) is 0 Å². The van der Waals surface area contributed by atoms with E-state index in [2.05, 4.69) is 10.4 Å². The molecule has 2 rings (SSSR count). The molecule has 1 aromatic rings. The maximum absolute atomic E-state index is 8.80. The molecule has 0 saturated heterocycles. The van der Waals surface area contributed by atoms with Crippen LogP contribution in [0.2, 0.25) is 0 Å². The molecule has 64 valence electrons. The molecule has 0 spiro atoms. The summed E-state index contributed by atoms with van der Waals surface area (Å²) in [5.41, 5.74) is 0.981. The summed E-state index contributed by atoms with van der Waals surface area (Å²) in [6, 6.07) is 0. The van der Waals surface area contributed by atoms with Gasteiger partial charge in [0, 0.05) is 18.0 Å². The highest BCUT2D eigenvalue weighted by Gasteiger charge is 2.12. The van der Waals surface area contributed by atoms with Crippen LogP contribution in [0.5, 0.6) is 0 Å². The first-order valence-corrected chi connectivity index (χ1v) is 4.55. The van der Waals surface area contributed by atoms with Crippen LogP contribution in [-0.2, 0) is 6.61 Å². The quantitative estimate of drug-likeness (QED) is 0.706. The lowest BCUT2D eigenvalue weighted by Crippen LogP contribution is -2.15. The summed E-state index contributed by atoms with van der Waals surface area (Å²) in [6.45, 7) is 0.0464. The molecule has 1 aliphatic rings. The number of aliphatic hydroxyl groups is 1. The molecule has 0 amide bonds. The Morgan fingerprint density at radius 1 is 1.75 bits per heavy atom. The van der Waals surface area contributed by atoms with Crippen molar-refractivity contribution in [2.24, 2.45) is 0 Å². The normalized spacial score (nSPS) is 21.2. The summed E-state index contributed by atoms with van der Waals surface area (Å²) in [5.74, 6) is 0. The zero-order chi connectivity index (χ0) is 8.39. The second kappa shape index (κ2) is 3.20. The summed E-state index contributed by atoms with van der Waals surface area (Å²) >= 11 is 1.65. The van der Waals surface area contributed by atoms with Crippen LogP contribution in [-0.4, -0.2) is 14.9 Å². The minimum Gasteiger partial charge on any atom is -0.392 e. The monoisotopic (exact) mass is 183 g/mol. The van der Waals surface area contributed by atoms with Crippen molar-refractivity contribution in [2.45, 2.75) is 12.1 Å². The van der Waals surface area contributed by atoms with Crippen LogP contribution in [0.4, 0.5) is 0 Å². The van der Waals surface area contributed by atoms with Crippen LogP contribution in [0.3, 0.4) is 0 Å². The van der Waals surface area contributed by atoms with Gasteiger partial charge in [0.25, 0.3) is 0 Å². The first-order chi connectivity index (χ1) is 5.90. The van der Waals surface area contributed by atoms with Gasteiger partial charge in [0.1, 0.15) is 0 Å². The van der Waals surface area contributed by atoms with E-state index in [0.717, 1.165) is 5.56 Å². The Hall–Kier alpha value is -0.940. The topological polar surface area (TPSA) is 50.1 Å². The van der Waals surface area contributed by atoms with E-state index in [1.807, 2.05) is 17.8 Å². The molecule has 2 heterocycles. The van der Waals surface area contributed by atoms with E-state index < -0.39 is 0 Å². The van der Waals surface area contributed by atoms with Gasteiger partial charge in [-0.3, -0.25) is 0 Å². The third-order valence-corrected chi connectivity index (χ3v) is 2.50. The molecule has 4 nitrogen and oxygen atoms in total. The lowest BCUT2D eigenvalue weighted by molar-refractivity contribution is 0.281. The molecule has 1 atom stereocenters. The van der Waals surface area contributed by atoms with Crippen molar-refractivity contribution >= 4 is 11.8 Å². The van der Waals surface area contributed by atoms with Crippen LogP contribution in [0.25, 0.3) is 0 Å². The maximum atomic E-state index is 8.80.